The van der Waals surface area contributed by atoms with Gasteiger partial charge in [0.05, 0.1) is 11.9 Å². The van der Waals surface area contributed by atoms with Crippen LogP contribution in [0.25, 0.3) is 11.3 Å². The summed E-state index contributed by atoms with van der Waals surface area (Å²) in [5.74, 6) is 5.96. The van der Waals surface area contributed by atoms with E-state index in [1.54, 1.807) is 6.20 Å². The van der Waals surface area contributed by atoms with Crippen LogP contribution in [0.1, 0.15) is 17.5 Å². The summed E-state index contributed by atoms with van der Waals surface area (Å²) in [6, 6.07) is 6.47. The van der Waals surface area contributed by atoms with Gasteiger partial charge in [0.15, 0.2) is 0 Å². The van der Waals surface area contributed by atoms with Gasteiger partial charge >= 0.3 is 0 Å². The molecule has 1 aliphatic carbocycles. The van der Waals surface area contributed by atoms with E-state index in [1.165, 1.54) is 35.1 Å². The molecule has 0 fully saturated rings. The fourth-order valence-electron chi connectivity index (χ4n) is 2.28. The van der Waals surface area contributed by atoms with Crippen molar-refractivity contribution in [2.75, 3.05) is 11.6 Å². The van der Waals surface area contributed by atoms with Crippen LogP contribution in [0.15, 0.2) is 24.4 Å². The third kappa shape index (κ3) is 1.34. The Morgan fingerprint density at radius 1 is 1.19 bits per heavy atom. The van der Waals surface area contributed by atoms with Crippen molar-refractivity contribution in [2.24, 2.45) is 0 Å². The van der Waals surface area contributed by atoms with Gasteiger partial charge in [0.2, 0.25) is 5.95 Å². The third-order valence-electron chi connectivity index (χ3n) is 3.16. The zero-order valence-corrected chi connectivity index (χ0v) is 8.98. The predicted molar refractivity (Wildman–Crippen MR) is 64.3 cm³/mol. The molecule has 1 aliphatic rings. The SMILES string of the molecule is Nc1nc(-c2ccc3c(c2)CCC3)cn1N. The second-order valence-corrected chi connectivity index (χ2v) is 4.23. The quantitative estimate of drug-likeness (QED) is 0.704. The van der Waals surface area contributed by atoms with Crippen LogP contribution < -0.4 is 11.6 Å². The summed E-state index contributed by atoms with van der Waals surface area (Å²) in [6.45, 7) is 0. The molecule has 0 amide bonds. The van der Waals surface area contributed by atoms with Gasteiger partial charge in [0.25, 0.3) is 0 Å². The normalized spacial score (nSPS) is 14.0. The van der Waals surface area contributed by atoms with Crippen LogP contribution in [-0.4, -0.2) is 9.66 Å². The van der Waals surface area contributed by atoms with Crippen molar-refractivity contribution in [3.8, 4) is 11.3 Å². The molecule has 1 aromatic heterocycles. The summed E-state index contributed by atoms with van der Waals surface area (Å²) in [7, 11) is 0. The van der Waals surface area contributed by atoms with Gasteiger partial charge in [-0.1, -0.05) is 12.1 Å². The average molecular weight is 214 g/mol. The molecule has 0 spiro atoms. The monoisotopic (exact) mass is 214 g/mol. The van der Waals surface area contributed by atoms with Gasteiger partial charge in [0, 0.05) is 5.56 Å². The van der Waals surface area contributed by atoms with E-state index in [9.17, 15) is 0 Å². The Bertz CT molecular complexity index is 522. The summed E-state index contributed by atoms with van der Waals surface area (Å²) < 4.78 is 1.35. The Kier molecular flexibility index (Phi) is 1.89. The Labute approximate surface area is 93.9 Å². The number of nitrogens with two attached hydrogens (primary N) is 2. The Balaban J connectivity index is 2.07. The second kappa shape index (κ2) is 3.27. The molecule has 4 nitrogen and oxygen atoms in total. The molecule has 0 aliphatic heterocycles. The van der Waals surface area contributed by atoms with Crippen molar-refractivity contribution in [1.82, 2.24) is 9.66 Å². The fraction of sp³-hybridized carbons (Fsp3) is 0.250. The number of rotatable bonds is 1. The van der Waals surface area contributed by atoms with Crippen LogP contribution in [0.2, 0.25) is 0 Å². The standard InChI is InChI=1S/C12H14N4/c13-12-15-11(7-16(12)14)10-5-4-8-2-1-3-9(8)6-10/h4-7H,1-3,14H2,(H2,13,15). The van der Waals surface area contributed by atoms with Crippen LogP contribution in [0, 0.1) is 0 Å². The van der Waals surface area contributed by atoms with E-state index in [-0.39, 0.29) is 0 Å². The number of anilines is 1. The molecule has 4 N–H and O–H groups in total. The maximum atomic E-state index is 5.62. The number of nitrogens with zero attached hydrogens (tertiary/aromatic N) is 2. The van der Waals surface area contributed by atoms with Gasteiger partial charge in [-0.15, -0.1) is 0 Å². The molecule has 1 heterocycles. The van der Waals surface area contributed by atoms with E-state index in [1.807, 2.05) is 0 Å². The van der Waals surface area contributed by atoms with Crippen LogP contribution >= 0.6 is 0 Å². The number of hydrogen-bond acceptors (Lipinski definition) is 3. The summed E-state index contributed by atoms with van der Waals surface area (Å²) in [5.41, 5.74) is 10.4. The van der Waals surface area contributed by atoms with Crippen LogP contribution in [0.3, 0.4) is 0 Å². The molecule has 4 heteroatoms. The van der Waals surface area contributed by atoms with Crippen molar-refractivity contribution >= 4 is 5.95 Å². The molecular weight excluding hydrogens is 200 g/mol. The highest BCUT2D eigenvalue weighted by Gasteiger charge is 2.12. The van der Waals surface area contributed by atoms with Gasteiger partial charge in [-0.3, -0.25) is 0 Å². The largest absolute Gasteiger partial charge is 0.368 e. The maximum absolute atomic E-state index is 5.62. The molecule has 16 heavy (non-hydrogen) atoms. The van der Waals surface area contributed by atoms with Crippen molar-refractivity contribution in [3.63, 3.8) is 0 Å². The number of imidazole rings is 1. The number of aromatic nitrogens is 2. The Morgan fingerprint density at radius 3 is 2.75 bits per heavy atom. The lowest BCUT2D eigenvalue weighted by atomic mass is 10.1. The molecule has 82 valence electrons. The molecule has 0 saturated heterocycles. The highest BCUT2D eigenvalue weighted by molar-refractivity contribution is 5.62. The first kappa shape index (κ1) is 9.27. The molecule has 0 atom stereocenters. The maximum Gasteiger partial charge on any atom is 0.219 e. The third-order valence-corrected chi connectivity index (χ3v) is 3.16. The molecule has 0 unspecified atom stereocenters. The van der Waals surface area contributed by atoms with E-state index in [4.69, 9.17) is 11.6 Å². The fourth-order valence-corrected chi connectivity index (χ4v) is 2.28. The summed E-state index contributed by atoms with van der Waals surface area (Å²) in [6.07, 6.45) is 5.38. The minimum absolute atomic E-state index is 0.343. The number of aryl methyl sites for hydroxylation is 2. The lowest BCUT2D eigenvalue weighted by Crippen LogP contribution is -2.09. The van der Waals surface area contributed by atoms with Crippen molar-refractivity contribution in [1.29, 1.82) is 0 Å². The molecule has 2 aromatic rings. The van der Waals surface area contributed by atoms with Gasteiger partial charge in [0.1, 0.15) is 0 Å². The van der Waals surface area contributed by atoms with E-state index in [0.717, 1.165) is 11.3 Å². The molecule has 0 bridgehead atoms. The van der Waals surface area contributed by atoms with Gasteiger partial charge in [-0.2, -0.15) is 0 Å². The van der Waals surface area contributed by atoms with Gasteiger partial charge in [-0.25, -0.2) is 9.66 Å². The van der Waals surface area contributed by atoms with Gasteiger partial charge in [-0.05, 0) is 36.5 Å². The average Bonchev–Trinajstić information content (AvgIpc) is 2.85. The molecular formula is C12H14N4. The smallest absolute Gasteiger partial charge is 0.219 e. The Morgan fingerprint density at radius 2 is 2.00 bits per heavy atom. The minimum atomic E-state index is 0.343. The first-order chi connectivity index (χ1) is 7.74. The predicted octanol–water partition coefficient (Wildman–Crippen LogP) is 1.33. The van der Waals surface area contributed by atoms with E-state index < -0.39 is 0 Å². The highest BCUT2D eigenvalue weighted by Crippen LogP contribution is 2.27. The van der Waals surface area contributed by atoms with Crippen molar-refractivity contribution in [2.45, 2.75) is 19.3 Å². The first-order valence-corrected chi connectivity index (χ1v) is 5.46. The lowest BCUT2D eigenvalue weighted by molar-refractivity contribution is 0.912. The summed E-state index contributed by atoms with van der Waals surface area (Å²) >= 11 is 0. The number of nitrogen functional groups attached to an aromatic ring is 2. The molecule has 0 saturated carbocycles. The van der Waals surface area contributed by atoms with E-state index in [0.29, 0.717) is 5.95 Å². The Hall–Kier alpha value is -1.97. The molecule has 1 aromatic carbocycles. The number of hydrogen-bond donors (Lipinski definition) is 2. The zero-order chi connectivity index (χ0) is 11.1. The zero-order valence-electron chi connectivity index (χ0n) is 8.98. The van der Waals surface area contributed by atoms with Crippen LogP contribution in [0.5, 0.6) is 0 Å². The van der Waals surface area contributed by atoms with E-state index in [2.05, 4.69) is 23.2 Å². The number of fused-ring (bicyclic) bond motifs is 1. The van der Waals surface area contributed by atoms with Gasteiger partial charge < -0.3 is 11.6 Å². The summed E-state index contributed by atoms with van der Waals surface area (Å²) in [5, 5.41) is 0. The van der Waals surface area contributed by atoms with Crippen molar-refractivity contribution < 1.29 is 0 Å². The topological polar surface area (TPSA) is 69.9 Å². The number of benzene rings is 1. The summed E-state index contributed by atoms with van der Waals surface area (Å²) in [4.78, 5) is 4.22. The molecule has 0 radical (unpaired) electrons. The highest BCUT2D eigenvalue weighted by atomic mass is 15.3. The van der Waals surface area contributed by atoms with Crippen LogP contribution in [-0.2, 0) is 12.8 Å². The van der Waals surface area contributed by atoms with Crippen molar-refractivity contribution in [3.05, 3.63) is 35.5 Å². The molecule has 3 rings (SSSR count). The van der Waals surface area contributed by atoms with E-state index >= 15 is 0 Å². The van der Waals surface area contributed by atoms with Crippen LogP contribution in [0.4, 0.5) is 5.95 Å². The first-order valence-electron chi connectivity index (χ1n) is 5.46. The second-order valence-electron chi connectivity index (χ2n) is 4.23. The lowest BCUT2D eigenvalue weighted by Gasteiger charge is -2.01. The minimum Gasteiger partial charge on any atom is -0.368 e.